The fourth-order valence-electron chi connectivity index (χ4n) is 1.52. The molecule has 0 amide bonds. The van der Waals surface area contributed by atoms with Crippen LogP contribution in [0, 0.1) is 11.3 Å². The Morgan fingerprint density at radius 3 is 2.62 bits per heavy atom. The minimum atomic E-state index is -4.15. The summed E-state index contributed by atoms with van der Waals surface area (Å²) in [6, 6.07) is 0. The van der Waals surface area contributed by atoms with Crippen molar-refractivity contribution in [3.8, 4) is 0 Å². The number of ether oxygens (including phenoxy) is 1. The molecule has 1 atom stereocenters. The van der Waals surface area contributed by atoms with Crippen molar-refractivity contribution in [1.82, 2.24) is 0 Å². The molecular formula is C12H13F3O. The highest BCUT2D eigenvalue weighted by Gasteiger charge is 2.63. The molecule has 2 aliphatic rings. The Kier molecular flexibility index (Phi) is 2.62. The van der Waals surface area contributed by atoms with E-state index in [9.17, 15) is 13.2 Å². The molecule has 16 heavy (non-hydrogen) atoms. The molecule has 2 rings (SSSR count). The van der Waals surface area contributed by atoms with E-state index >= 15 is 0 Å². The van der Waals surface area contributed by atoms with Crippen LogP contribution in [-0.2, 0) is 4.74 Å². The summed E-state index contributed by atoms with van der Waals surface area (Å²) < 4.78 is 42.9. The summed E-state index contributed by atoms with van der Waals surface area (Å²) in [5.74, 6) is 0.665. The van der Waals surface area contributed by atoms with E-state index in [1.54, 1.807) is 12.2 Å². The predicted molar refractivity (Wildman–Crippen MR) is 53.6 cm³/mol. The molecule has 2 aliphatic carbocycles. The molecule has 0 saturated heterocycles. The van der Waals surface area contributed by atoms with Crippen LogP contribution < -0.4 is 0 Å². The fourth-order valence-corrected chi connectivity index (χ4v) is 1.52. The van der Waals surface area contributed by atoms with Crippen LogP contribution in [0.4, 0.5) is 13.2 Å². The van der Waals surface area contributed by atoms with Crippen LogP contribution in [0.3, 0.4) is 0 Å². The minimum absolute atomic E-state index is 0.174. The van der Waals surface area contributed by atoms with Crippen molar-refractivity contribution in [3.05, 3.63) is 29.7 Å². The smallest absolute Gasteiger partial charge is 0.397 e. The van der Waals surface area contributed by atoms with E-state index in [0.29, 0.717) is 5.76 Å². The first-order valence-corrected chi connectivity index (χ1v) is 5.28. The third kappa shape index (κ3) is 2.17. The standard InChI is InChI=1S/C12H13F3O/c1-9-2-4-10(5-3-9)16-8-11(6-7-11)12(13,14)15/h2-4,9H,6-8H2,1H3. The molecule has 1 nitrogen and oxygen atoms in total. The second-order valence-electron chi connectivity index (χ2n) is 4.46. The van der Waals surface area contributed by atoms with Crippen LogP contribution in [0.15, 0.2) is 29.7 Å². The van der Waals surface area contributed by atoms with Crippen LogP contribution in [0.1, 0.15) is 19.8 Å². The maximum absolute atomic E-state index is 12.6. The van der Waals surface area contributed by atoms with E-state index in [1.807, 2.05) is 13.0 Å². The maximum Gasteiger partial charge on any atom is 0.397 e. The molecule has 1 fully saturated rings. The number of hydrogen-bond acceptors (Lipinski definition) is 1. The van der Waals surface area contributed by atoms with Crippen molar-refractivity contribution in [3.63, 3.8) is 0 Å². The molecule has 0 radical (unpaired) electrons. The van der Waals surface area contributed by atoms with Crippen molar-refractivity contribution in [1.29, 1.82) is 0 Å². The van der Waals surface area contributed by atoms with Gasteiger partial charge >= 0.3 is 6.18 Å². The number of halogens is 3. The molecule has 0 aliphatic heterocycles. The Balaban J connectivity index is 1.95. The molecule has 0 bridgehead atoms. The molecule has 1 saturated carbocycles. The highest BCUT2D eigenvalue weighted by atomic mass is 19.4. The van der Waals surface area contributed by atoms with E-state index in [-0.39, 0.29) is 25.4 Å². The van der Waals surface area contributed by atoms with Gasteiger partial charge in [-0.1, -0.05) is 18.7 Å². The zero-order chi connectivity index (χ0) is 11.8. The van der Waals surface area contributed by atoms with Gasteiger partial charge in [-0.25, -0.2) is 0 Å². The van der Waals surface area contributed by atoms with Gasteiger partial charge in [-0.3, -0.25) is 0 Å². The lowest BCUT2D eigenvalue weighted by atomic mass is 10.1. The zero-order valence-corrected chi connectivity index (χ0v) is 8.97. The number of rotatable bonds is 3. The zero-order valence-electron chi connectivity index (χ0n) is 8.97. The van der Waals surface area contributed by atoms with Crippen molar-refractivity contribution in [2.75, 3.05) is 6.61 Å². The van der Waals surface area contributed by atoms with Crippen LogP contribution in [-0.4, -0.2) is 12.8 Å². The van der Waals surface area contributed by atoms with Crippen LogP contribution in [0.25, 0.3) is 0 Å². The lowest BCUT2D eigenvalue weighted by Crippen LogP contribution is -2.29. The predicted octanol–water partition coefficient (Wildman–Crippen LogP) is 3.59. The minimum Gasteiger partial charge on any atom is -0.485 e. The SMILES string of the molecule is CC1C=C=C(OCC2(C(F)(F)F)CC2)C=C1. The van der Waals surface area contributed by atoms with Gasteiger partial charge in [-0.2, -0.15) is 13.2 Å². The van der Waals surface area contributed by atoms with Gasteiger partial charge in [0.2, 0.25) is 0 Å². The summed E-state index contributed by atoms with van der Waals surface area (Å²) in [7, 11) is 0. The maximum atomic E-state index is 12.6. The highest BCUT2D eigenvalue weighted by molar-refractivity contribution is 5.20. The number of hydrogen-bond donors (Lipinski definition) is 0. The second kappa shape index (κ2) is 3.70. The van der Waals surface area contributed by atoms with Crippen LogP contribution in [0.2, 0.25) is 0 Å². The van der Waals surface area contributed by atoms with E-state index in [4.69, 9.17) is 4.74 Å². The van der Waals surface area contributed by atoms with E-state index < -0.39 is 11.6 Å². The first-order chi connectivity index (χ1) is 7.43. The van der Waals surface area contributed by atoms with Crippen molar-refractivity contribution in [2.24, 2.45) is 11.3 Å². The molecule has 0 N–H and O–H groups in total. The van der Waals surface area contributed by atoms with Gasteiger partial charge < -0.3 is 4.74 Å². The van der Waals surface area contributed by atoms with E-state index in [0.717, 1.165) is 0 Å². The molecule has 0 aromatic carbocycles. The normalized spacial score (nSPS) is 26.5. The Morgan fingerprint density at radius 2 is 2.19 bits per heavy atom. The molecular weight excluding hydrogens is 217 g/mol. The Morgan fingerprint density at radius 1 is 1.50 bits per heavy atom. The summed E-state index contributed by atoms with van der Waals surface area (Å²) in [4.78, 5) is 0. The summed E-state index contributed by atoms with van der Waals surface area (Å²) in [5.41, 5.74) is 1.24. The van der Waals surface area contributed by atoms with Crippen molar-refractivity contribution < 1.29 is 17.9 Å². The molecule has 0 aromatic heterocycles. The molecule has 4 heteroatoms. The number of allylic oxidation sites excluding steroid dienone is 2. The average molecular weight is 230 g/mol. The fraction of sp³-hybridized carbons (Fsp3) is 0.583. The highest BCUT2D eigenvalue weighted by Crippen LogP contribution is 2.57. The quantitative estimate of drug-likeness (QED) is 0.673. The van der Waals surface area contributed by atoms with E-state index in [1.165, 1.54) is 0 Å². The average Bonchev–Trinajstić information content (AvgIpc) is 2.97. The molecule has 1 unspecified atom stereocenters. The topological polar surface area (TPSA) is 9.23 Å². The van der Waals surface area contributed by atoms with Gasteiger partial charge in [0, 0.05) is 5.92 Å². The summed E-state index contributed by atoms with van der Waals surface area (Å²) in [5, 5.41) is 0. The van der Waals surface area contributed by atoms with Gasteiger partial charge in [0.25, 0.3) is 0 Å². The lowest BCUT2D eigenvalue weighted by molar-refractivity contribution is -0.197. The molecule has 0 heterocycles. The monoisotopic (exact) mass is 230 g/mol. The first kappa shape index (κ1) is 11.3. The Hall–Kier alpha value is -1.15. The van der Waals surface area contributed by atoms with Crippen molar-refractivity contribution >= 4 is 0 Å². The largest absolute Gasteiger partial charge is 0.485 e. The Bertz CT molecular complexity index is 368. The molecule has 0 spiro atoms. The Labute approximate surface area is 92.3 Å². The third-order valence-electron chi connectivity index (χ3n) is 3.00. The van der Waals surface area contributed by atoms with Gasteiger partial charge in [-0.15, -0.1) is 0 Å². The van der Waals surface area contributed by atoms with Gasteiger partial charge in [0.05, 0.1) is 0 Å². The van der Waals surface area contributed by atoms with Crippen LogP contribution >= 0.6 is 0 Å². The summed E-state index contributed by atoms with van der Waals surface area (Å²) in [6.07, 6.45) is 1.53. The number of alkyl halides is 3. The van der Waals surface area contributed by atoms with Gasteiger partial charge in [0.15, 0.2) is 5.76 Å². The van der Waals surface area contributed by atoms with Crippen molar-refractivity contribution in [2.45, 2.75) is 25.9 Å². The third-order valence-corrected chi connectivity index (χ3v) is 3.00. The molecule has 88 valence electrons. The van der Waals surface area contributed by atoms with Gasteiger partial charge in [0.1, 0.15) is 12.0 Å². The molecule has 0 aromatic rings. The summed E-state index contributed by atoms with van der Waals surface area (Å²) in [6.45, 7) is 1.68. The van der Waals surface area contributed by atoms with Crippen LogP contribution in [0.5, 0.6) is 0 Å². The van der Waals surface area contributed by atoms with E-state index in [2.05, 4.69) is 5.73 Å². The lowest BCUT2D eigenvalue weighted by Gasteiger charge is -2.19. The van der Waals surface area contributed by atoms with Gasteiger partial charge in [-0.05, 0) is 25.0 Å². The second-order valence-corrected chi connectivity index (χ2v) is 4.46. The summed E-state index contributed by atoms with van der Waals surface area (Å²) >= 11 is 0. The first-order valence-electron chi connectivity index (χ1n) is 5.28.